The summed E-state index contributed by atoms with van der Waals surface area (Å²) in [6, 6.07) is 9.53. The maximum atomic E-state index is 11.6. The molecular formula is C17H17ClO4. The molecule has 0 radical (unpaired) electrons. The maximum Gasteiger partial charge on any atom is 0.339 e. The van der Waals surface area contributed by atoms with E-state index in [1.807, 2.05) is 30.3 Å². The quantitative estimate of drug-likeness (QED) is 0.895. The standard InChI is InChI=1S/C17H17ClO4/c1-10-13(17(19)20)15(11(2)16(21-3)14(10)18)22-9-12-7-5-4-6-8-12/h4-8H,9H2,1-3H3,(H,19,20). The molecule has 22 heavy (non-hydrogen) atoms. The lowest BCUT2D eigenvalue weighted by atomic mass is 10.0. The van der Waals surface area contributed by atoms with Crippen molar-refractivity contribution in [3.8, 4) is 11.5 Å². The zero-order valence-corrected chi connectivity index (χ0v) is 13.4. The van der Waals surface area contributed by atoms with E-state index in [9.17, 15) is 9.90 Å². The van der Waals surface area contributed by atoms with Crippen LogP contribution in [0, 0.1) is 13.8 Å². The first-order valence-electron chi connectivity index (χ1n) is 6.74. The molecule has 0 aliphatic heterocycles. The second kappa shape index (κ2) is 6.71. The highest BCUT2D eigenvalue weighted by Gasteiger charge is 2.24. The average molecular weight is 321 g/mol. The van der Waals surface area contributed by atoms with Crippen molar-refractivity contribution >= 4 is 17.6 Å². The molecule has 0 amide bonds. The lowest BCUT2D eigenvalue weighted by Gasteiger charge is -2.18. The van der Waals surface area contributed by atoms with E-state index in [4.69, 9.17) is 21.1 Å². The van der Waals surface area contributed by atoms with Crippen LogP contribution in [0.5, 0.6) is 11.5 Å². The van der Waals surface area contributed by atoms with Crippen molar-refractivity contribution in [3.63, 3.8) is 0 Å². The molecule has 0 atom stereocenters. The normalized spacial score (nSPS) is 10.4. The number of hydrogen-bond acceptors (Lipinski definition) is 3. The van der Waals surface area contributed by atoms with Crippen LogP contribution in [0.1, 0.15) is 27.0 Å². The van der Waals surface area contributed by atoms with Gasteiger partial charge in [0.05, 0.1) is 12.1 Å². The molecule has 0 bridgehead atoms. The molecule has 0 fully saturated rings. The third kappa shape index (κ3) is 3.02. The fraction of sp³-hybridized carbons (Fsp3) is 0.235. The fourth-order valence-corrected chi connectivity index (χ4v) is 2.63. The Bertz CT molecular complexity index is 696. The lowest BCUT2D eigenvalue weighted by Crippen LogP contribution is -2.09. The molecule has 116 valence electrons. The van der Waals surface area contributed by atoms with E-state index in [1.54, 1.807) is 13.8 Å². The Balaban J connectivity index is 2.48. The van der Waals surface area contributed by atoms with Crippen LogP contribution in [0.25, 0.3) is 0 Å². The molecular weight excluding hydrogens is 304 g/mol. The first kappa shape index (κ1) is 16.2. The van der Waals surface area contributed by atoms with Crippen molar-refractivity contribution in [2.75, 3.05) is 7.11 Å². The second-order valence-electron chi connectivity index (χ2n) is 4.88. The van der Waals surface area contributed by atoms with E-state index in [0.29, 0.717) is 21.9 Å². The molecule has 5 heteroatoms. The van der Waals surface area contributed by atoms with E-state index in [0.717, 1.165) is 5.56 Å². The Kier molecular flexibility index (Phi) is 4.93. The minimum absolute atomic E-state index is 0.0687. The number of rotatable bonds is 5. The number of aromatic carboxylic acids is 1. The van der Waals surface area contributed by atoms with Crippen molar-refractivity contribution < 1.29 is 19.4 Å². The van der Waals surface area contributed by atoms with Crippen LogP contribution in [0.4, 0.5) is 0 Å². The van der Waals surface area contributed by atoms with E-state index in [-0.39, 0.29) is 17.9 Å². The Labute approximate surface area is 134 Å². The van der Waals surface area contributed by atoms with Gasteiger partial charge in [-0.3, -0.25) is 0 Å². The van der Waals surface area contributed by atoms with E-state index >= 15 is 0 Å². The van der Waals surface area contributed by atoms with Crippen molar-refractivity contribution in [1.82, 2.24) is 0 Å². The summed E-state index contributed by atoms with van der Waals surface area (Å²) < 4.78 is 11.1. The van der Waals surface area contributed by atoms with Crippen molar-refractivity contribution in [1.29, 1.82) is 0 Å². The monoisotopic (exact) mass is 320 g/mol. The maximum absolute atomic E-state index is 11.6. The number of hydrogen-bond donors (Lipinski definition) is 1. The van der Waals surface area contributed by atoms with E-state index < -0.39 is 5.97 Å². The number of carboxylic acids is 1. The number of methoxy groups -OCH3 is 1. The van der Waals surface area contributed by atoms with Gasteiger partial charge in [0, 0.05) is 5.56 Å². The fourth-order valence-electron chi connectivity index (χ4n) is 2.32. The number of carbonyl (C=O) groups is 1. The molecule has 0 aliphatic rings. The highest BCUT2D eigenvalue weighted by Crippen LogP contribution is 2.41. The number of ether oxygens (including phenoxy) is 2. The average Bonchev–Trinajstić information content (AvgIpc) is 2.50. The van der Waals surface area contributed by atoms with Crippen LogP contribution in [0.2, 0.25) is 5.02 Å². The summed E-state index contributed by atoms with van der Waals surface area (Å²) in [5, 5.41) is 9.77. The van der Waals surface area contributed by atoms with E-state index in [2.05, 4.69) is 0 Å². The third-order valence-electron chi connectivity index (χ3n) is 3.46. The SMILES string of the molecule is COc1c(C)c(OCc2ccccc2)c(C(=O)O)c(C)c1Cl. The molecule has 2 rings (SSSR count). The summed E-state index contributed by atoms with van der Waals surface area (Å²) >= 11 is 6.19. The van der Waals surface area contributed by atoms with Crippen LogP contribution in [-0.2, 0) is 6.61 Å². The summed E-state index contributed by atoms with van der Waals surface area (Å²) in [5.74, 6) is -0.351. The summed E-state index contributed by atoms with van der Waals surface area (Å²) in [6.45, 7) is 3.65. The van der Waals surface area contributed by atoms with Gasteiger partial charge in [0.2, 0.25) is 0 Å². The van der Waals surface area contributed by atoms with Crippen molar-refractivity contribution in [2.45, 2.75) is 20.5 Å². The van der Waals surface area contributed by atoms with Gasteiger partial charge in [-0.1, -0.05) is 41.9 Å². The van der Waals surface area contributed by atoms with Crippen LogP contribution in [0.3, 0.4) is 0 Å². The van der Waals surface area contributed by atoms with Crippen LogP contribution in [-0.4, -0.2) is 18.2 Å². The van der Waals surface area contributed by atoms with Gasteiger partial charge in [0.25, 0.3) is 0 Å². The van der Waals surface area contributed by atoms with Gasteiger partial charge in [0.15, 0.2) is 0 Å². The topological polar surface area (TPSA) is 55.8 Å². The summed E-state index contributed by atoms with van der Waals surface area (Å²) in [7, 11) is 1.50. The van der Waals surface area contributed by atoms with Gasteiger partial charge >= 0.3 is 5.97 Å². The first-order valence-corrected chi connectivity index (χ1v) is 7.11. The third-order valence-corrected chi connectivity index (χ3v) is 3.91. The van der Waals surface area contributed by atoms with Crippen LogP contribution < -0.4 is 9.47 Å². The number of benzene rings is 2. The van der Waals surface area contributed by atoms with Gasteiger partial charge in [-0.15, -0.1) is 0 Å². The second-order valence-corrected chi connectivity index (χ2v) is 5.26. The summed E-state index contributed by atoms with van der Waals surface area (Å²) in [5.41, 5.74) is 2.02. The van der Waals surface area contributed by atoms with Crippen LogP contribution >= 0.6 is 11.6 Å². The smallest absolute Gasteiger partial charge is 0.339 e. The number of carboxylic acid groups (broad SMARTS) is 1. The zero-order valence-electron chi connectivity index (χ0n) is 12.6. The van der Waals surface area contributed by atoms with Gasteiger partial charge in [-0.05, 0) is 25.0 Å². The molecule has 0 spiro atoms. The molecule has 0 saturated carbocycles. The lowest BCUT2D eigenvalue weighted by molar-refractivity contribution is 0.0690. The summed E-state index contributed by atoms with van der Waals surface area (Å²) in [4.78, 5) is 11.6. The molecule has 0 unspecified atom stereocenters. The van der Waals surface area contributed by atoms with Crippen molar-refractivity contribution in [3.05, 3.63) is 57.6 Å². The van der Waals surface area contributed by atoms with E-state index in [1.165, 1.54) is 7.11 Å². The van der Waals surface area contributed by atoms with Gasteiger partial charge in [-0.2, -0.15) is 0 Å². The highest BCUT2D eigenvalue weighted by molar-refractivity contribution is 6.33. The van der Waals surface area contributed by atoms with Gasteiger partial charge in [-0.25, -0.2) is 4.79 Å². The zero-order chi connectivity index (χ0) is 16.3. The minimum Gasteiger partial charge on any atom is -0.495 e. The van der Waals surface area contributed by atoms with Gasteiger partial charge < -0.3 is 14.6 Å². The van der Waals surface area contributed by atoms with Gasteiger partial charge in [0.1, 0.15) is 23.7 Å². The first-order chi connectivity index (χ1) is 10.5. The van der Waals surface area contributed by atoms with Crippen LogP contribution in [0.15, 0.2) is 30.3 Å². The number of halogens is 1. The summed E-state index contributed by atoms with van der Waals surface area (Å²) in [6.07, 6.45) is 0. The Hall–Kier alpha value is -2.20. The predicted molar refractivity (Wildman–Crippen MR) is 85.2 cm³/mol. The molecule has 0 aromatic heterocycles. The highest BCUT2D eigenvalue weighted by atomic mass is 35.5. The molecule has 1 N–H and O–H groups in total. The predicted octanol–water partition coefficient (Wildman–Crippen LogP) is 4.24. The molecule has 0 saturated heterocycles. The molecule has 2 aromatic carbocycles. The Morgan fingerprint density at radius 2 is 1.77 bits per heavy atom. The molecule has 0 aliphatic carbocycles. The van der Waals surface area contributed by atoms with Crippen molar-refractivity contribution in [2.24, 2.45) is 0 Å². The minimum atomic E-state index is -1.08. The largest absolute Gasteiger partial charge is 0.495 e. The molecule has 4 nitrogen and oxygen atoms in total. The Morgan fingerprint density at radius 1 is 1.14 bits per heavy atom. The Morgan fingerprint density at radius 3 is 2.32 bits per heavy atom. The molecule has 0 heterocycles. The molecule has 2 aromatic rings.